The molecule has 0 saturated heterocycles. The second-order valence-corrected chi connectivity index (χ2v) is 7.01. The number of carbonyl (C=O) groups is 1. The molecule has 0 spiro atoms. The molecule has 0 aromatic carbocycles. The van der Waals surface area contributed by atoms with E-state index in [1.165, 1.54) is 11.3 Å². The third-order valence-corrected chi connectivity index (χ3v) is 4.10. The van der Waals surface area contributed by atoms with Gasteiger partial charge in [0.2, 0.25) is 11.8 Å². The Bertz CT molecular complexity index is 848. The molecule has 0 saturated carbocycles. The minimum Gasteiger partial charge on any atom is -0.442 e. The van der Waals surface area contributed by atoms with Crippen LogP contribution in [-0.4, -0.2) is 25.4 Å². The van der Waals surface area contributed by atoms with E-state index in [2.05, 4.69) is 34.1 Å². The molecule has 0 radical (unpaired) electrons. The Kier molecular flexibility index (Phi) is 5.39. The summed E-state index contributed by atoms with van der Waals surface area (Å²) < 4.78 is 7.35. The van der Waals surface area contributed by atoms with Crippen LogP contribution in [0.5, 0.6) is 0 Å². The molecule has 1 amide bonds. The number of aromatic nitrogens is 4. The van der Waals surface area contributed by atoms with Crippen molar-refractivity contribution in [2.75, 3.05) is 5.32 Å². The number of nitrogens with one attached hydrogen (secondary N) is 1. The van der Waals surface area contributed by atoms with E-state index < -0.39 is 0 Å². The van der Waals surface area contributed by atoms with Gasteiger partial charge in [0.1, 0.15) is 12.3 Å². The summed E-state index contributed by atoms with van der Waals surface area (Å²) in [6.45, 7) is 4.48. The highest BCUT2D eigenvalue weighted by molar-refractivity contribution is 7.16. The van der Waals surface area contributed by atoms with E-state index in [0.717, 1.165) is 17.1 Å². The minimum atomic E-state index is -0.145. The average Bonchev–Trinajstić information content (AvgIpc) is 3.27. The maximum atomic E-state index is 11.9. The summed E-state index contributed by atoms with van der Waals surface area (Å²) in [7, 11) is 0. The number of carbonyl (C=O) groups excluding carboxylic acids is 1. The van der Waals surface area contributed by atoms with E-state index in [4.69, 9.17) is 4.42 Å². The molecule has 0 bridgehead atoms. The molecule has 0 aliphatic carbocycles. The Hall–Kier alpha value is -2.74. The van der Waals surface area contributed by atoms with Crippen molar-refractivity contribution in [3.8, 4) is 0 Å². The molecule has 3 heterocycles. The number of nitrogens with zero attached hydrogens (tertiary/aromatic N) is 4. The van der Waals surface area contributed by atoms with Crippen LogP contribution in [0.2, 0.25) is 0 Å². The van der Waals surface area contributed by atoms with Gasteiger partial charge in [-0.15, -0.1) is 0 Å². The summed E-state index contributed by atoms with van der Waals surface area (Å²) in [5.74, 6) is 1.83. The molecule has 130 valence electrons. The fourth-order valence-electron chi connectivity index (χ4n) is 2.18. The van der Waals surface area contributed by atoms with Crippen molar-refractivity contribution < 1.29 is 9.21 Å². The molecule has 0 unspecified atom stereocenters. The summed E-state index contributed by atoms with van der Waals surface area (Å²) in [4.78, 5) is 25.2. The van der Waals surface area contributed by atoms with Crippen LogP contribution in [0.3, 0.4) is 0 Å². The third kappa shape index (κ3) is 5.12. The lowest BCUT2D eigenvalue weighted by Crippen LogP contribution is -2.17. The lowest BCUT2D eigenvalue weighted by atomic mass is 10.1. The number of anilines is 1. The zero-order valence-corrected chi connectivity index (χ0v) is 14.9. The first-order valence-corrected chi connectivity index (χ1v) is 8.74. The predicted octanol–water partition coefficient (Wildman–Crippen LogP) is 3.34. The van der Waals surface area contributed by atoms with Gasteiger partial charge in [0, 0.05) is 36.0 Å². The Morgan fingerprint density at radius 1 is 1.36 bits per heavy atom. The van der Waals surface area contributed by atoms with Gasteiger partial charge in [-0.25, -0.2) is 15.0 Å². The average molecular weight is 357 g/mol. The quantitative estimate of drug-likeness (QED) is 0.701. The van der Waals surface area contributed by atoms with Gasteiger partial charge < -0.3 is 14.3 Å². The predicted molar refractivity (Wildman–Crippen MR) is 96.9 cm³/mol. The smallest absolute Gasteiger partial charge is 0.246 e. The van der Waals surface area contributed by atoms with E-state index in [1.54, 1.807) is 41.8 Å². The number of imidazole rings is 1. The molecule has 3 aromatic heterocycles. The zero-order valence-electron chi connectivity index (χ0n) is 14.0. The van der Waals surface area contributed by atoms with Crippen LogP contribution in [0.4, 0.5) is 5.13 Å². The molecular weight excluding hydrogens is 338 g/mol. The van der Waals surface area contributed by atoms with Crippen molar-refractivity contribution in [1.29, 1.82) is 0 Å². The van der Waals surface area contributed by atoms with Crippen molar-refractivity contribution >= 4 is 34.5 Å². The SMILES string of the molecule is CC(C)Cc1cnc(/C=C/c2cnc(NC(=O)Cn3ccnc3)s2)o1. The summed E-state index contributed by atoms with van der Waals surface area (Å²) in [5, 5.41) is 3.32. The van der Waals surface area contributed by atoms with E-state index in [-0.39, 0.29) is 12.5 Å². The zero-order chi connectivity index (χ0) is 17.6. The normalized spacial score (nSPS) is 11.5. The molecule has 1 N–H and O–H groups in total. The minimum absolute atomic E-state index is 0.145. The lowest BCUT2D eigenvalue weighted by molar-refractivity contribution is -0.116. The fraction of sp³-hybridized carbons (Fsp3) is 0.294. The van der Waals surface area contributed by atoms with E-state index >= 15 is 0 Å². The van der Waals surface area contributed by atoms with E-state index in [9.17, 15) is 4.79 Å². The number of rotatable bonds is 7. The van der Waals surface area contributed by atoms with Gasteiger partial charge >= 0.3 is 0 Å². The maximum absolute atomic E-state index is 11.9. The van der Waals surface area contributed by atoms with Gasteiger partial charge in [0.25, 0.3) is 0 Å². The Labute approximate surface area is 149 Å². The summed E-state index contributed by atoms with van der Waals surface area (Å²) in [6, 6.07) is 0. The molecule has 25 heavy (non-hydrogen) atoms. The lowest BCUT2D eigenvalue weighted by Gasteiger charge is -2.01. The van der Waals surface area contributed by atoms with Crippen molar-refractivity contribution in [3.63, 3.8) is 0 Å². The molecule has 0 aliphatic rings. The van der Waals surface area contributed by atoms with Gasteiger partial charge in [-0.1, -0.05) is 25.2 Å². The maximum Gasteiger partial charge on any atom is 0.246 e. The van der Waals surface area contributed by atoms with Crippen LogP contribution in [0.1, 0.15) is 30.4 Å². The first-order chi connectivity index (χ1) is 12.1. The van der Waals surface area contributed by atoms with Crippen LogP contribution in [0.25, 0.3) is 12.2 Å². The van der Waals surface area contributed by atoms with Gasteiger partial charge in [0.15, 0.2) is 5.13 Å². The van der Waals surface area contributed by atoms with Crippen LogP contribution in [0, 0.1) is 5.92 Å². The van der Waals surface area contributed by atoms with Crippen LogP contribution in [-0.2, 0) is 17.8 Å². The Morgan fingerprint density at radius 2 is 2.24 bits per heavy atom. The molecule has 3 rings (SSSR count). The molecule has 7 nitrogen and oxygen atoms in total. The highest BCUT2D eigenvalue weighted by Crippen LogP contribution is 2.21. The molecule has 0 fully saturated rings. The van der Waals surface area contributed by atoms with E-state index in [0.29, 0.717) is 16.9 Å². The van der Waals surface area contributed by atoms with Crippen LogP contribution in [0.15, 0.2) is 35.5 Å². The fourth-order valence-corrected chi connectivity index (χ4v) is 2.91. The standard InChI is InChI=1S/C17H19N5O2S/c1-12(2)7-13-8-19-16(24-13)4-3-14-9-20-17(25-14)21-15(23)10-22-6-5-18-11-22/h3-6,8-9,11-12H,7,10H2,1-2H3,(H,20,21,23)/b4-3+. The number of thiazole rings is 1. The molecular formula is C17H19N5O2S. The van der Waals surface area contributed by atoms with E-state index in [1.807, 2.05) is 6.08 Å². The highest BCUT2D eigenvalue weighted by Gasteiger charge is 2.07. The molecule has 0 aliphatic heterocycles. The molecule has 8 heteroatoms. The Morgan fingerprint density at radius 3 is 3.00 bits per heavy atom. The van der Waals surface area contributed by atoms with Crippen molar-refractivity contribution in [2.45, 2.75) is 26.8 Å². The topological polar surface area (TPSA) is 85.8 Å². The number of oxazole rings is 1. The van der Waals surface area contributed by atoms with Crippen molar-refractivity contribution in [1.82, 2.24) is 19.5 Å². The number of hydrogen-bond donors (Lipinski definition) is 1. The third-order valence-electron chi connectivity index (χ3n) is 3.23. The van der Waals surface area contributed by atoms with Gasteiger partial charge in [0.05, 0.1) is 12.5 Å². The molecule has 3 aromatic rings. The first kappa shape index (κ1) is 17.1. The van der Waals surface area contributed by atoms with Gasteiger partial charge in [-0.2, -0.15) is 0 Å². The Balaban J connectivity index is 1.55. The van der Waals surface area contributed by atoms with Gasteiger partial charge in [-0.3, -0.25) is 4.79 Å². The largest absolute Gasteiger partial charge is 0.442 e. The van der Waals surface area contributed by atoms with Crippen molar-refractivity contribution in [2.24, 2.45) is 5.92 Å². The second kappa shape index (κ2) is 7.89. The van der Waals surface area contributed by atoms with Crippen LogP contribution >= 0.6 is 11.3 Å². The summed E-state index contributed by atoms with van der Waals surface area (Å²) >= 11 is 1.39. The summed E-state index contributed by atoms with van der Waals surface area (Å²) in [6.07, 6.45) is 13.0. The molecule has 0 atom stereocenters. The monoisotopic (exact) mass is 357 g/mol. The van der Waals surface area contributed by atoms with Crippen LogP contribution < -0.4 is 5.32 Å². The van der Waals surface area contributed by atoms with Crippen molar-refractivity contribution in [3.05, 3.63) is 47.6 Å². The number of hydrogen-bond acceptors (Lipinski definition) is 6. The first-order valence-electron chi connectivity index (χ1n) is 7.92. The highest BCUT2D eigenvalue weighted by atomic mass is 32.1. The second-order valence-electron chi connectivity index (χ2n) is 5.95. The number of amides is 1. The van der Waals surface area contributed by atoms with Gasteiger partial charge in [-0.05, 0) is 12.0 Å². The summed E-state index contributed by atoms with van der Waals surface area (Å²) in [5.41, 5.74) is 0.